The van der Waals surface area contributed by atoms with Gasteiger partial charge in [0.1, 0.15) is 0 Å². The Hall–Kier alpha value is 0.130. The molecule has 0 bridgehead atoms. The zero-order chi connectivity index (χ0) is 10.7. The zero-order valence-electron chi connectivity index (χ0n) is 7.80. The SMILES string of the molecule is Clc1ccc(CNCc2sccc2Br)s1. The molecule has 0 radical (unpaired) electrons. The largest absolute Gasteiger partial charge is 0.307 e. The highest BCUT2D eigenvalue weighted by Gasteiger charge is 2.01. The monoisotopic (exact) mass is 321 g/mol. The molecule has 0 amide bonds. The predicted octanol–water partition coefficient (Wildman–Crippen LogP) is 4.52. The van der Waals surface area contributed by atoms with Gasteiger partial charge < -0.3 is 5.32 Å². The topological polar surface area (TPSA) is 12.0 Å². The normalized spacial score (nSPS) is 10.8. The number of hydrogen-bond acceptors (Lipinski definition) is 3. The standard InChI is InChI=1S/C10H9BrClNS2/c11-8-3-4-14-9(8)6-13-5-7-1-2-10(12)15-7/h1-4,13H,5-6H2. The Labute approximate surface area is 110 Å². The molecule has 2 aromatic rings. The third-order valence-electron chi connectivity index (χ3n) is 1.90. The third-order valence-corrected chi connectivity index (χ3v) is 5.06. The van der Waals surface area contributed by atoms with E-state index in [1.165, 1.54) is 14.2 Å². The van der Waals surface area contributed by atoms with E-state index < -0.39 is 0 Å². The highest BCUT2D eigenvalue weighted by atomic mass is 79.9. The van der Waals surface area contributed by atoms with Crippen molar-refractivity contribution in [2.45, 2.75) is 13.1 Å². The van der Waals surface area contributed by atoms with Gasteiger partial charge in [-0.05, 0) is 39.5 Å². The summed E-state index contributed by atoms with van der Waals surface area (Å²) in [5.74, 6) is 0. The summed E-state index contributed by atoms with van der Waals surface area (Å²) in [5, 5.41) is 5.48. The van der Waals surface area contributed by atoms with Gasteiger partial charge in [0.2, 0.25) is 0 Å². The molecular formula is C10H9BrClNS2. The van der Waals surface area contributed by atoms with E-state index in [4.69, 9.17) is 11.6 Å². The van der Waals surface area contributed by atoms with Gasteiger partial charge in [-0.2, -0.15) is 0 Å². The van der Waals surface area contributed by atoms with Crippen molar-refractivity contribution >= 4 is 50.2 Å². The lowest BCUT2D eigenvalue weighted by molar-refractivity contribution is 0.707. The first kappa shape index (κ1) is 11.6. The van der Waals surface area contributed by atoms with Gasteiger partial charge in [-0.1, -0.05) is 11.6 Å². The first-order chi connectivity index (χ1) is 7.25. The molecule has 0 saturated carbocycles. The van der Waals surface area contributed by atoms with Crippen molar-refractivity contribution in [3.63, 3.8) is 0 Å². The summed E-state index contributed by atoms with van der Waals surface area (Å²) in [5.41, 5.74) is 0. The van der Waals surface area contributed by atoms with E-state index in [0.29, 0.717) is 0 Å². The Morgan fingerprint density at radius 1 is 1.27 bits per heavy atom. The lowest BCUT2D eigenvalue weighted by atomic mass is 10.4. The van der Waals surface area contributed by atoms with Gasteiger partial charge in [0.05, 0.1) is 4.34 Å². The second kappa shape index (κ2) is 5.46. The summed E-state index contributed by atoms with van der Waals surface area (Å²) in [4.78, 5) is 2.60. The molecule has 2 aromatic heterocycles. The van der Waals surface area contributed by atoms with E-state index in [-0.39, 0.29) is 0 Å². The molecule has 2 heterocycles. The fraction of sp³-hybridized carbons (Fsp3) is 0.200. The van der Waals surface area contributed by atoms with Crippen LogP contribution in [0.15, 0.2) is 28.1 Å². The summed E-state index contributed by atoms with van der Waals surface area (Å²) in [7, 11) is 0. The van der Waals surface area contributed by atoms with Crippen LogP contribution in [0.3, 0.4) is 0 Å². The molecule has 0 aliphatic rings. The molecule has 0 aromatic carbocycles. The van der Waals surface area contributed by atoms with E-state index in [1.807, 2.05) is 6.07 Å². The lowest BCUT2D eigenvalue weighted by Gasteiger charge is -2.01. The van der Waals surface area contributed by atoms with Crippen molar-refractivity contribution in [3.05, 3.63) is 42.1 Å². The molecule has 0 saturated heterocycles. The average molecular weight is 323 g/mol. The van der Waals surface area contributed by atoms with Crippen molar-refractivity contribution in [1.29, 1.82) is 0 Å². The Morgan fingerprint density at radius 2 is 2.13 bits per heavy atom. The van der Waals surface area contributed by atoms with E-state index in [0.717, 1.165) is 17.4 Å². The zero-order valence-corrected chi connectivity index (χ0v) is 11.8. The van der Waals surface area contributed by atoms with Crippen LogP contribution in [-0.2, 0) is 13.1 Å². The Balaban J connectivity index is 1.83. The van der Waals surface area contributed by atoms with Crippen LogP contribution >= 0.6 is 50.2 Å². The molecule has 5 heteroatoms. The molecule has 0 atom stereocenters. The number of halogens is 2. The molecule has 0 unspecified atom stereocenters. The lowest BCUT2D eigenvalue weighted by Crippen LogP contribution is -2.10. The van der Waals surface area contributed by atoms with Gasteiger partial charge in [-0.15, -0.1) is 22.7 Å². The minimum Gasteiger partial charge on any atom is -0.307 e. The van der Waals surface area contributed by atoms with Crippen LogP contribution in [0.4, 0.5) is 0 Å². The van der Waals surface area contributed by atoms with E-state index in [9.17, 15) is 0 Å². The molecule has 2 rings (SSSR count). The Morgan fingerprint density at radius 3 is 2.73 bits per heavy atom. The highest BCUT2D eigenvalue weighted by Crippen LogP contribution is 2.23. The summed E-state index contributed by atoms with van der Waals surface area (Å²) in [6, 6.07) is 6.07. The van der Waals surface area contributed by atoms with Crippen LogP contribution in [0.5, 0.6) is 0 Å². The molecule has 15 heavy (non-hydrogen) atoms. The molecule has 1 nitrogen and oxygen atoms in total. The van der Waals surface area contributed by atoms with Gasteiger partial charge in [0, 0.05) is 27.3 Å². The minimum absolute atomic E-state index is 0.851. The van der Waals surface area contributed by atoms with Crippen molar-refractivity contribution in [2.24, 2.45) is 0 Å². The van der Waals surface area contributed by atoms with E-state index in [2.05, 4.69) is 38.8 Å². The maximum absolute atomic E-state index is 5.85. The molecule has 0 spiro atoms. The maximum Gasteiger partial charge on any atom is 0.0931 e. The number of thiophene rings is 2. The number of hydrogen-bond donors (Lipinski definition) is 1. The van der Waals surface area contributed by atoms with Gasteiger partial charge >= 0.3 is 0 Å². The van der Waals surface area contributed by atoms with Gasteiger partial charge in [0.25, 0.3) is 0 Å². The van der Waals surface area contributed by atoms with Crippen molar-refractivity contribution in [3.8, 4) is 0 Å². The second-order valence-corrected chi connectivity index (χ2v) is 6.66. The number of nitrogens with one attached hydrogen (secondary N) is 1. The fourth-order valence-electron chi connectivity index (χ4n) is 1.20. The van der Waals surface area contributed by atoms with Crippen LogP contribution in [0.2, 0.25) is 4.34 Å². The smallest absolute Gasteiger partial charge is 0.0931 e. The number of rotatable bonds is 4. The first-order valence-electron chi connectivity index (χ1n) is 4.42. The van der Waals surface area contributed by atoms with Gasteiger partial charge in [-0.3, -0.25) is 0 Å². The van der Waals surface area contributed by atoms with Gasteiger partial charge in [-0.25, -0.2) is 0 Å². The molecule has 0 fully saturated rings. The fourth-order valence-corrected chi connectivity index (χ4v) is 3.72. The van der Waals surface area contributed by atoms with Crippen LogP contribution in [0.25, 0.3) is 0 Å². The average Bonchev–Trinajstić information content (AvgIpc) is 2.77. The van der Waals surface area contributed by atoms with Crippen molar-refractivity contribution in [2.75, 3.05) is 0 Å². The summed E-state index contributed by atoms with van der Waals surface area (Å²) in [6.07, 6.45) is 0. The van der Waals surface area contributed by atoms with Crippen LogP contribution < -0.4 is 5.32 Å². The maximum atomic E-state index is 5.85. The quantitative estimate of drug-likeness (QED) is 0.873. The predicted molar refractivity (Wildman–Crippen MR) is 71.9 cm³/mol. The third kappa shape index (κ3) is 3.29. The van der Waals surface area contributed by atoms with E-state index >= 15 is 0 Å². The Kier molecular flexibility index (Phi) is 4.22. The molecule has 80 valence electrons. The summed E-state index contributed by atoms with van der Waals surface area (Å²) >= 11 is 12.7. The van der Waals surface area contributed by atoms with Crippen LogP contribution in [0, 0.1) is 0 Å². The minimum atomic E-state index is 0.851. The second-order valence-electron chi connectivity index (χ2n) is 3.00. The summed E-state index contributed by atoms with van der Waals surface area (Å²) < 4.78 is 2.04. The van der Waals surface area contributed by atoms with Gasteiger partial charge in [0.15, 0.2) is 0 Å². The van der Waals surface area contributed by atoms with Crippen LogP contribution in [0.1, 0.15) is 9.75 Å². The van der Waals surface area contributed by atoms with Crippen molar-refractivity contribution < 1.29 is 0 Å². The molecular weight excluding hydrogens is 314 g/mol. The first-order valence-corrected chi connectivity index (χ1v) is 7.29. The summed E-state index contributed by atoms with van der Waals surface area (Å²) in [6.45, 7) is 1.77. The van der Waals surface area contributed by atoms with E-state index in [1.54, 1.807) is 22.7 Å². The highest BCUT2D eigenvalue weighted by molar-refractivity contribution is 9.10. The molecule has 0 aliphatic carbocycles. The Bertz CT molecular complexity index is 438. The molecule has 0 aliphatic heterocycles. The molecule has 1 N–H and O–H groups in total. The van der Waals surface area contributed by atoms with Crippen molar-refractivity contribution in [1.82, 2.24) is 5.32 Å². The van der Waals surface area contributed by atoms with Crippen LogP contribution in [-0.4, -0.2) is 0 Å².